The van der Waals surface area contributed by atoms with Gasteiger partial charge in [0.25, 0.3) is 0 Å². The van der Waals surface area contributed by atoms with Crippen molar-refractivity contribution in [1.82, 2.24) is 20.2 Å². The minimum absolute atomic E-state index is 0.0152. The molecule has 32 heavy (non-hydrogen) atoms. The molecule has 4 rings (SSSR count). The summed E-state index contributed by atoms with van der Waals surface area (Å²) in [4.78, 5) is 19.8. The number of halogens is 1. The van der Waals surface area contributed by atoms with Crippen LogP contribution in [0.15, 0.2) is 48.7 Å². The Balaban J connectivity index is 1.53. The molecule has 0 aliphatic rings. The van der Waals surface area contributed by atoms with Crippen LogP contribution in [0, 0.1) is 5.82 Å². The minimum atomic E-state index is -0.624. The maximum atomic E-state index is 14.3. The fourth-order valence-electron chi connectivity index (χ4n) is 3.15. The van der Waals surface area contributed by atoms with E-state index in [4.69, 9.17) is 4.74 Å². The van der Waals surface area contributed by atoms with Gasteiger partial charge in [-0.05, 0) is 37.3 Å². The lowest BCUT2D eigenvalue weighted by atomic mass is 10.1. The van der Waals surface area contributed by atoms with Gasteiger partial charge in [0.05, 0.1) is 30.4 Å². The highest BCUT2D eigenvalue weighted by Crippen LogP contribution is 2.26. The third-order valence-corrected chi connectivity index (χ3v) is 4.62. The second-order valence-corrected chi connectivity index (χ2v) is 6.93. The molecule has 0 bridgehead atoms. The van der Waals surface area contributed by atoms with Crippen molar-refractivity contribution >= 4 is 40.0 Å². The number of H-pyrrole nitrogens is 1. The molecule has 0 aliphatic carbocycles. The summed E-state index contributed by atoms with van der Waals surface area (Å²) in [5, 5.41) is 23.5. The van der Waals surface area contributed by atoms with Gasteiger partial charge < -0.3 is 20.5 Å². The van der Waals surface area contributed by atoms with Crippen LogP contribution in [0.1, 0.15) is 19.0 Å². The quantitative estimate of drug-likeness (QED) is 0.303. The van der Waals surface area contributed by atoms with Gasteiger partial charge in [0.1, 0.15) is 5.75 Å². The molecule has 0 fully saturated rings. The first-order valence-electron chi connectivity index (χ1n) is 10.00. The van der Waals surface area contributed by atoms with Crippen molar-refractivity contribution in [2.24, 2.45) is 0 Å². The number of fused-ring (bicyclic) bond motifs is 1. The molecule has 0 saturated carbocycles. The highest BCUT2D eigenvalue weighted by Gasteiger charge is 2.12. The zero-order valence-corrected chi connectivity index (χ0v) is 17.2. The van der Waals surface area contributed by atoms with Gasteiger partial charge in [-0.2, -0.15) is 10.1 Å². The summed E-state index contributed by atoms with van der Waals surface area (Å²) in [6.45, 7) is 2.09. The Bertz CT molecular complexity index is 1260. The number of rotatable bonds is 8. The van der Waals surface area contributed by atoms with Crippen LogP contribution >= 0.6 is 0 Å². The first-order valence-corrected chi connectivity index (χ1v) is 10.00. The third-order valence-electron chi connectivity index (χ3n) is 4.62. The number of esters is 1. The number of phenols is 1. The van der Waals surface area contributed by atoms with E-state index in [0.717, 1.165) is 17.1 Å². The van der Waals surface area contributed by atoms with Gasteiger partial charge in [0.2, 0.25) is 5.95 Å². The van der Waals surface area contributed by atoms with E-state index in [2.05, 4.69) is 30.8 Å². The van der Waals surface area contributed by atoms with E-state index in [1.807, 2.05) is 12.1 Å². The smallest absolute Gasteiger partial charge is 0.306 e. The highest BCUT2D eigenvalue weighted by atomic mass is 19.1. The van der Waals surface area contributed by atoms with E-state index in [9.17, 15) is 14.3 Å². The topological polar surface area (TPSA) is 125 Å². The molecule has 10 heteroatoms. The summed E-state index contributed by atoms with van der Waals surface area (Å²) in [7, 11) is 0. The SMILES string of the molecule is CCOC(=O)CCc1n[nH]c2ccc(Nc3nc(Nc4cccc(O)c4)ncc3F)cc12. The van der Waals surface area contributed by atoms with Crippen molar-refractivity contribution in [3.8, 4) is 5.75 Å². The molecule has 2 aromatic heterocycles. The average molecular weight is 436 g/mol. The first-order chi connectivity index (χ1) is 15.5. The van der Waals surface area contributed by atoms with Gasteiger partial charge in [-0.3, -0.25) is 9.89 Å². The Hall–Kier alpha value is -4.21. The number of aromatic hydroxyl groups is 1. The van der Waals surface area contributed by atoms with Crippen LogP contribution in [0.2, 0.25) is 0 Å². The van der Waals surface area contributed by atoms with Gasteiger partial charge in [-0.1, -0.05) is 6.07 Å². The largest absolute Gasteiger partial charge is 0.508 e. The van der Waals surface area contributed by atoms with Crippen LogP contribution < -0.4 is 10.6 Å². The predicted octanol–water partition coefficient (Wildman–Crippen LogP) is 4.18. The maximum Gasteiger partial charge on any atom is 0.306 e. The molecular weight excluding hydrogens is 415 g/mol. The number of nitrogens with zero attached hydrogens (tertiary/aromatic N) is 3. The molecule has 0 spiro atoms. The van der Waals surface area contributed by atoms with Crippen molar-refractivity contribution in [3.63, 3.8) is 0 Å². The first kappa shape index (κ1) is 21.0. The van der Waals surface area contributed by atoms with E-state index in [0.29, 0.717) is 30.1 Å². The zero-order chi connectivity index (χ0) is 22.5. The summed E-state index contributed by atoms with van der Waals surface area (Å²) in [5.74, 6) is -0.672. The number of anilines is 4. The van der Waals surface area contributed by atoms with Crippen molar-refractivity contribution in [1.29, 1.82) is 0 Å². The number of carbonyl (C=O) groups is 1. The Kier molecular flexibility index (Phi) is 6.11. The molecule has 0 radical (unpaired) electrons. The third kappa shape index (κ3) is 4.91. The number of ether oxygens (including phenoxy) is 1. The number of hydrogen-bond donors (Lipinski definition) is 4. The van der Waals surface area contributed by atoms with Crippen LogP contribution in [0.3, 0.4) is 0 Å². The normalized spacial score (nSPS) is 10.8. The number of benzene rings is 2. The molecule has 0 amide bonds. The number of aromatic nitrogens is 4. The van der Waals surface area contributed by atoms with Crippen LogP contribution in [-0.2, 0) is 16.0 Å². The van der Waals surface area contributed by atoms with E-state index in [-0.39, 0.29) is 29.9 Å². The van der Waals surface area contributed by atoms with E-state index >= 15 is 0 Å². The lowest BCUT2D eigenvalue weighted by molar-refractivity contribution is -0.143. The highest BCUT2D eigenvalue weighted by molar-refractivity contribution is 5.86. The summed E-state index contributed by atoms with van der Waals surface area (Å²) in [6.07, 6.45) is 1.69. The van der Waals surface area contributed by atoms with Crippen LogP contribution in [-0.4, -0.2) is 37.8 Å². The number of nitrogens with one attached hydrogen (secondary N) is 3. The average Bonchev–Trinajstić information content (AvgIpc) is 3.17. The van der Waals surface area contributed by atoms with Crippen molar-refractivity contribution in [3.05, 3.63) is 60.2 Å². The van der Waals surface area contributed by atoms with Gasteiger partial charge in [-0.15, -0.1) is 0 Å². The summed E-state index contributed by atoms with van der Waals surface area (Å²) < 4.78 is 19.3. The van der Waals surface area contributed by atoms with Crippen LogP contribution in [0.25, 0.3) is 10.9 Å². The number of phenolic OH excluding ortho intramolecular Hbond substituents is 1. The predicted molar refractivity (Wildman–Crippen MR) is 118 cm³/mol. The van der Waals surface area contributed by atoms with Crippen LogP contribution in [0.5, 0.6) is 5.75 Å². The lowest BCUT2D eigenvalue weighted by Gasteiger charge is -2.10. The van der Waals surface area contributed by atoms with Crippen molar-refractivity contribution in [2.75, 3.05) is 17.2 Å². The standard InChI is InChI=1S/C22H21FN6O3/c1-2-32-20(31)9-8-19-16-11-14(6-7-18(16)28-29-19)25-21-17(23)12-24-22(27-21)26-13-4-3-5-15(30)10-13/h3-7,10-12,30H,2,8-9H2,1H3,(H,28,29)(H2,24,25,26,27). The van der Waals surface area contributed by atoms with Gasteiger partial charge in [0, 0.05) is 29.2 Å². The number of aromatic amines is 1. The Morgan fingerprint density at radius 2 is 2.03 bits per heavy atom. The van der Waals surface area contributed by atoms with Crippen molar-refractivity contribution in [2.45, 2.75) is 19.8 Å². The monoisotopic (exact) mass is 436 g/mol. The molecule has 4 N–H and O–H groups in total. The molecule has 9 nitrogen and oxygen atoms in total. The maximum absolute atomic E-state index is 14.3. The summed E-state index contributed by atoms with van der Waals surface area (Å²) in [6, 6.07) is 11.8. The number of carbonyl (C=O) groups excluding carboxylic acids is 1. The molecule has 2 aromatic carbocycles. The fraction of sp³-hybridized carbons (Fsp3) is 0.182. The second kappa shape index (κ2) is 9.29. The molecule has 0 unspecified atom stereocenters. The molecule has 0 atom stereocenters. The molecule has 0 saturated heterocycles. The van der Waals surface area contributed by atoms with Crippen molar-refractivity contribution < 1.29 is 19.0 Å². The Labute approximate surface area is 182 Å². The Morgan fingerprint density at radius 3 is 2.84 bits per heavy atom. The molecule has 2 heterocycles. The zero-order valence-electron chi connectivity index (χ0n) is 17.2. The molecule has 4 aromatic rings. The van der Waals surface area contributed by atoms with E-state index in [1.165, 1.54) is 12.1 Å². The second-order valence-electron chi connectivity index (χ2n) is 6.93. The van der Waals surface area contributed by atoms with E-state index in [1.54, 1.807) is 25.1 Å². The molecule has 0 aliphatic heterocycles. The van der Waals surface area contributed by atoms with E-state index < -0.39 is 5.82 Å². The summed E-state index contributed by atoms with van der Waals surface area (Å²) in [5.41, 5.74) is 2.67. The summed E-state index contributed by atoms with van der Waals surface area (Å²) >= 11 is 0. The lowest BCUT2D eigenvalue weighted by Crippen LogP contribution is -2.05. The number of aryl methyl sites for hydroxylation is 1. The minimum Gasteiger partial charge on any atom is -0.508 e. The van der Waals surface area contributed by atoms with Gasteiger partial charge in [-0.25, -0.2) is 9.37 Å². The van der Waals surface area contributed by atoms with Crippen LogP contribution in [0.4, 0.5) is 27.5 Å². The molecular formula is C22H21FN6O3. The molecule has 164 valence electrons. The van der Waals surface area contributed by atoms with Gasteiger partial charge >= 0.3 is 5.97 Å². The number of hydrogen-bond acceptors (Lipinski definition) is 8. The fourth-order valence-corrected chi connectivity index (χ4v) is 3.15. The van der Waals surface area contributed by atoms with Gasteiger partial charge in [0.15, 0.2) is 11.6 Å². The Morgan fingerprint density at radius 1 is 1.19 bits per heavy atom.